The van der Waals surface area contributed by atoms with Gasteiger partial charge in [0, 0.05) is 16.7 Å². The highest BCUT2D eigenvalue weighted by Crippen LogP contribution is 2.28. The van der Waals surface area contributed by atoms with Crippen LogP contribution in [0.15, 0.2) is 34.9 Å². The predicted molar refractivity (Wildman–Crippen MR) is 82.3 cm³/mol. The zero-order chi connectivity index (χ0) is 14.3. The van der Waals surface area contributed by atoms with Crippen LogP contribution < -0.4 is 10.5 Å². The summed E-state index contributed by atoms with van der Waals surface area (Å²) in [6, 6.07) is 7.69. The van der Waals surface area contributed by atoms with Crippen molar-refractivity contribution in [1.82, 2.24) is 14.5 Å². The molecule has 102 valence electrons. The van der Waals surface area contributed by atoms with Crippen molar-refractivity contribution in [2.75, 3.05) is 12.8 Å². The third kappa shape index (κ3) is 2.12. The zero-order valence-corrected chi connectivity index (χ0v) is 12.7. The summed E-state index contributed by atoms with van der Waals surface area (Å²) in [6.45, 7) is 1.98. The highest BCUT2D eigenvalue weighted by atomic mass is 79.9. The Bertz CT molecular complexity index is 797. The SMILES string of the molecule is COc1cc(Br)cc(-n2c(N)nc3cc(C)cnc32)c1. The molecule has 0 unspecified atom stereocenters. The molecule has 3 aromatic rings. The first-order valence-electron chi connectivity index (χ1n) is 6.04. The summed E-state index contributed by atoms with van der Waals surface area (Å²) in [5, 5.41) is 0. The molecule has 0 radical (unpaired) electrons. The monoisotopic (exact) mass is 332 g/mol. The Morgan fingerprint density at radius 1 is 1.25 bits per heavy atom. The van der Waals surface area contributed by atoms with Gasteiger partial charge in [-0.05, 0) is 30.7 Å². The van der Waals surface area contributed by atoms with Gasteiger partial charge in [-0.3, -0.25) is 4.57 Å². The number of fused-ring (bicyclic) bond motifs is 1. The quantitative estimate of drug-likeness (QED) is 0.783. The molecule has 2 aromatic heterocycles. The lowest BCUT2D eigenvalue weighted by Crippen LogP contribution is -2.02. The fraction of sp³-hybridized carbons (Fsp3) is 0.143. The fourth-order valence-corrected chi connectivity index (χ4v) is 2.59. The summed E-state index contributed by atoms with van der Waals surface area (Å²) in [4.78, 5) is 8.79. The second kappa shape index (κ2) is 4.79. The van der Waals surface area contributed by atoms with Crippen molar-refractivity contribution in [2.45, 2.75) is 6.92 Å². The van der Waals surface area contributed by atoms with Crippen molar-refractivity contribution >= 4 is 33.0 Å². The summed E-state index contributed by atoms with van der Waals surface area (Å²) >= 11 is 3.46. The van der Waals surface area contributed by atoms with Crippen molar-refractivity contribution in [2.24, 2.45) is 0 Å². The van der Waals surface area contributed by atoms with Crippen LogP contribution in [-0.4, -0.2) is 21.6 Å². The summed E-state index contributed by atoms with van der Waals surface area (Å²) in [5.41, 5.74) is 9.45. The average Bonchev–Trinajstić information content (AvgIpc) is 2.72. The molecule has 3 rings (SSSR count). The first kappa shape index (κ1) is 12.9. The summed E-state index contributed by atoms with van der Waals surface area (Å²) in [7, 11) is 1.63. The van der Waals surface area contributed by atoms with Gasteiger partial charge in [-0.2, -0.15) is 0 Å². The summed E-state index contributed by atoms with van der Waals surface area (Å²) < 4.78 is 7.99. The van der Waals surface area contributed by atoms with Gasteiger partial charge >= 0.3 is 0 Å². The lowest BCUT2D eigenvalue weighted by Gasteiger charge is -2.09. The van der Waals surface area contributed by atoms with Crippen LogP contribution in [0.25, 0.3) is 16.9 Å². The van der Waals surface area contributed by atoms with E-state index < -0.39 is 0 Å². The van der Waals surface area contributed by atoms with Gasteiger partial charge in [0.15, 0.2) is 5.65 Å². The molecule has 0 spiro atoms. The number of methoxy groups -OCH3 is 1. The van der Waals surface area contributed by atoms with E-state index in [0.717, 1.165) is 32.6 Å². The Kier molecular flexibility index (Phi) is 3.10. The molecule has 2 N–H and O–H groups in total. The molecule has 0 aliphatic carbocycles. The first-order chi connectivity index (χ1) is 9.58. The van der Waals surface area contributed by atoms with Crippen LogP contribution in [0.2, 0.25) is 0 Å². The highest BCUT2D eigenvalue weighted by Gasteiger charge is 2.12. The van der Waals surface area contributed by atoms with Crippen LogP contribution in [0.5, 0.6) is 5.75 Å². The Morgan fingerprint density at radius 3 is 2.80 bits per heavy atom. The lowest BCUT2D eigenvalue weighted by molar-refractivity contribution is 0.414. The van der Waals surface area contributed by atoms with Gasteiger partial charge in [0.25, 0.3) is 0 Å². The Labute approximate surface area is 124 Å². The van der Waals surface area contributed by atoms with Crippen molar-refractivity contribution in [1.29, 1.82) is 0 Å². The van der Waals surface area contributed by atoms with Gasteiger partial charge < -0.3 is 10.5 Å². The molecular weight excluding hydrogens is 320 g/mol. The van der Waals surface area contributed by atoms with Crippen LogP contribution in [0.3, 0.4) is 0 Å². The maximum Gasteiger partial charge on any atom is 0.207 e. The van der Waals surface area contributed by atoms with Crippen LogP contribution in [0.1, 0.15) is 5.56 Å². The topological polar surface area (TPSA) is 66.0 Å². The molecule has 5 nitrogen and oxygen atoms in total. The number of hydrogen-bond acceptors (Lipinski definition) is 4. The van der Waals surface area contributed by atoms with Crippen molar-refractivity contribution in [3.05, 3.63) is 40.5 Å². The second-order valence-electron chi connectivity index (χ2n) is 4.51. The van der Waals surface area contributed by atoms with E-state index in [1.165, 1.54) is 0 Å². The largest absolute Gasteiger partial charge is 0.497 e. The number of nitrogens with zero attached hydrogens (tertiary/aromatic N) is 3. The maximum atomic E-state index is 6.03. The van der Waals surface area contributed by atoms with Crippen LogP contribution in [0, 0.1) is 6.92 Å². The molecule has 1 aromatic carbocycles. The predicted octanol–water partition coefficient (Wildman–Crippen LogP) is 3.08. The highest BCUT2D eigenvalue weighted by molar-refractivity contribution is 9.10. The van der Waals surface area contributed by atoms with Crippen molar-refractivity contribution in [3.63, 3.8) is 0 Å². The lowest BCUT2D eigenvalue weighted by atomic mass is 10.3. The van der Waals surface area contributed by atoms with Crippen LogP contribution in [-0.2, 0) is 0 Å². The normalized spacial score (nSPS) is 10.9. The number of ether oxygens (including phenoxy) is 1. The van der Waals surface area contributed by atoms with E-state index in [-0.39, 0.29) is 0 Å². The number of nitrogen functional groups attached to an aromatic ring is 1. The van der Waals surface area contributed by atoms with Gasteiger partial charge in [-0.1, -0.05) is 15.9 Å². The first-order valence-corrected chi connectivity index (χ1v) is 6.83. The zero-order valence-electron chi connectivity index (χ0n) is 11.1. The van der Waals surface area contributed by atoms with Crippen molar-refractivity contribution < 1.29 is 4.74 Å². The number of benzene rings is 1. The Morgan fingerprint density at radius 2 is 2.05 bits per heavy atom. The van der Waals surface area contributed by atoms with Crippen LogP contribution >= 0.6 is 15.9 Å². The Hall–Kier alpha value is -2.08. The minimum absolute atomic E-state index is 0.401. The smallest absolute Gasteiger partial charge is 0.207 e. The molecule has 0 atom stereocenters. The second-order valence-corrected chi connectivity index (χ2v) is 5.43. The van der Waals surface area contributed by atoms with E-state index in [9.17, 15) is 0 Å². The maximum absolute atomic E-state index is 6.03. The molecule has 0 amide bonds. The van der Waals surface area contributed by atoms with E-state index in [4.69, 9.17) is 10.5 Å². The number of aryl methyl sites for hydroxylation is 1. The molecule has 0 bridgehead atoms. The van der Waals surface area contributed by atoms with Gasteiger partial charge in [-0.25, -0.2) is 9.97 Å². The molecular formula is C14H13BrN4O. The number of anilines is 1. The average molecular weight is 333 g/mol. The number of imidazole rings is 1. The van der Waals surface area contributed by atoms with Gasteiger partial charge in [0.2, 0.25) is 5.95 Å². The molecule has 0 saturated carbocycles. The number of pyridine rings is 1. The third-order valence-corrected chi connectivity index (χ3v) is 3.47. The molecule has 0 fully saturated rings. The minimum Gasteiger partial charge on any atom is -0.497 e. The van der Waals surface area contributed by atoms with Gasteiger partial charge in [0.05, 0.1) is 12.8 Å². The van der Waals surface area contributed by atoms with E-state index in [1.807, 2.05) is 35.8 Å². The van der Waals surface area contributed by atoms with Gasteiger partial charge in [0.1, 0.15) is 11.3 Å². The van der Waals surface area contributed by atoms with E-state index >= 15 is 0 Å². The standard InChI is InChI=1S/C14H13BrN4O/c1-8-3-12-13(17-7-8)19(14(16)18-12)10-4-9(15)5-11(6-10)20-2/h3-7H,1-2H3,(H2,16,18). The van der Waals surface area contributed by atoms with E-state index in [2.05, 4.69) is 25.9 Å². The molecule has 0 aliphatic rings. The number of nitrogens with two attached hydrogens (primary N) is 1. The van der Waals surface area contributed by atoms with E-state index in [1.54, 1.807) is 13.3 Å². The molecule has 0 saturated heterocycles. The van der Waals surface area contributed by atoms with Gasteiger partial charge in [-0.15, -0.1) is 0 Å². The molecule has 2 heterocycles. The molecule has 0 aliphatic heterocycles. The van der Waals surface area contributed by atoms with Crippen LogP contribution in [0.4, 0.5) is 5.95 Å². The number of aromatic nitrogens is 3. The number of rotatable bonds is 2. The summed E-state index contributed by atoms with van der Waals surface area (Å²) in [5.74, 6) is 1.14. The fourth-order valence-electron chi connectivity index (χ4n) is 2.13. The van der Waals surface area contributed by atoms with E-state index in [0.29, 0.717) is 5.95 Å². The molecule has 6 heteroatoms. The number of halogens is 1. The minimum atomic E-state index is 0.401. The Balaban J connectivity index is 2.29. The third-order valence-electron chi connectivity index (χ3n) is 3.01. The number of hydrogen-bond donors (Lipinski definition) is 1. The molecule has 20 heavy (non-hydrogen) atoms. The summed E-state index contributed by atoms with van der Waals surface area (Å²) in [6.07, 6.45) is 1.80. The van der Waals surface area contributed by atoms with Crippen molar-refractivity contribution in [3.8, 4) is 11.4 Å².